The molecule has 0 spiro atoms. The first kappa shape index (κ1) is 18.3. The molecule has 0 unspecified atom stereocenters. The summed E-state index contributed by atoms with van der Waals surface area (Å²) in [7, 11) is 0. The molecule has 0 saturated carbocycles. The Bertz CT molecular complexity index is 520. The third-order valence-electron chi connectivity index (χ3n) is 2.60. The standard InChI is InChI=1S/C13H16Cl3N3OS/c1-3-9-6-4-5-7-10(9)18-12(21)19-11(13(14,15)16)17-8(2)20/h4-7,11H,3H2,1-2H3,(H,17,20)(H2,18,19,21)/t11-/m1/s1. The van der Waals surface area contributed by atoms with Crippen LogP contribution in [0.3, 0.4) is 0 Å². The highest BCUT2D eigenvalue weighted by Crippen LogP contribution is 2.29. The van der Waals surface area contributed by atoms with Crippen LogP contribution < -0.4 is 16.0 Å². The Kier molecular flexibility index (Phi) is 7.00. The van der Waals surface area contributed by atoms with Gasteiger partial charge >= 0.3 is 0 Å². The fraction of sp³-hybridized carbons (Fsp3) is 0.385. The molecule has 1 amide bonds. The molecule has 21 heavy (non-hydrogen) atoms. The fourth-order valence-electron chi connectivity index (χ4n) is 1.64. The summed E-state index contributed by atoms with van der Waals surface area (Å²) in [5.74, 6) is -0.337. The summed E-state index contributed by atoms with van der Waals surface area (Å²) >= 11 is 22.6. The van der Waals surface area contributed by atoms with Gasteiger partial charge in [-0.2, -0.15) is 0 Å². The van der Waals surface area contributed by atoms with E-state index in [0.717, 1.165) is 17.7 Å². The van der Waals surface area contributed by atoms with Gasteiger partial charge in [-0.3, -0.25) is 4.79 Å². The number of thiocarbonyl (C=S) groups is 1. The molecule has 116 valence electrons. The number of carbonyl (C=O) groups is 1. The minimum absolute atomic E-state index is 0.251. The summed E-state index contributed by atoms with van der Waals surface area (Å²) in [5, 5.41) is 8.55. The Hall–Kier alpha value is -0.750. The lowest BCUT2D eigenvalue weighted by atomic mass is 10.1. The molecular weight excluding hydrogens is 353 g/mol. The van der Waals surface area contributed by atoms with E-state index in [0.29, 0.717) is 0 Å². The van der Waals surface area contributed by atoms with Gasteiger partial charge in [0, 0.05) is 12.6 Å². The number of nitrogens with one attached hydrogen (secondary N) is 3. The molecule has 8 heteroatoms. The van der Waals surface area contributed by atoms with Gasteiger partial charge in [-0.05, 0) is 30.3 Å². The minimum atomic E-state index is -1.73. The third-order valence-corrected chi connectivity index (χ3v) is 3.47. The van der Waals surface area contributed by atoms with E-state index in [2.05, 4.69) is 16.0 Å². The zero-order chi connectivity index (χ0) is 16.0. The second kappa shape index (κ2) is 8.03. The molecule has 1 atom stereocenters. The van der Waals surface area contributed by atoms with Crippen molar-refractivity contribution in [1.29, 1.82) is 0 Å². The quantitative estimate of drug-likeness (QED) is 0.433. The molecule has 0 aliphatic carbocycles. The topological polar surface area (TPSA) is 53.2 Å². The van der Waals surface area contributed by atoms with Crippen molar-refractivity contribution in [2.45, 2.75) is 30.2 Å². The van der Waals surface area contributed by atoms with Crippen molar-refractivity contribution < 1.29 is 4.79 Å². The summed E-state index contributed by atoms with van der Waals surface area (Å²) in [4.78, 5) is 11.2. The van der Waals surface area contributed by atoms with Crippen molar-refractivity contribution in [3.05, 3.63) is 29.8 Å². The number of benzene rings is 1. The highest BCUT2D eigenvalue weighted by Gasteiger charge is 2.34. The molecule has 1 aromatic carbocycles. The van der Waals surface area contributed by atoms with Gasteiger partial charge in [-0.15, -0.1) is 0 Å². The van der Waals surface area contributed by atoms with Crippen LogP contribution in [0, 0.1) is 0 Å². The molecule has 1 rings (SSSR count). The van der Waals surface area contributed by atoms with E-state index in [1.807, 2.05) is 31.2 Å². The first-order valence-corrected chi connectivity index (χ1v) is 7.77. The van der Waals surface area contributed by atoms with Crippen molar-refractivity contribution in [3.63, 3.8) is 0 Å². The molecule has 0 aliphatic rings. The first-order chi connectivity index (χ1) is 9.74. The smallest absolute Gasteiger partial charge is 0.228 e. The Morgan fingerprint density at radius 3 is 2.43 bits per heavy atom. The van der Waals surface area contributed by atoms with Crippen molar-refractivity contribution in [1.82, 2.24) is 10.6 Å². The van der Waals surface area contributed by atoms with Gasteiger partial charge in [-0.1, -0.05) is 59.9 Å². The van der Waals surface area contributed by atoms with Crippen LogP contribution in [0.15, 0.2) is 24.3 Å². The molecule has 0 aliphatic heterocycles. The SMILES string of the molecule is CCc1ccccc1NC(=S)N[C@@H](NC(C)=O)C(Cl)(Cl)Cl. The number of amides is 1. The summed E-state index contributed by atoms with van der Waals surface area (Å²) in [6.45, 7) is 3.37. The average Bonchev–Trinajstić information content (AvgIpc) is 2.37. The maximum Gasteiger partial charge on any atom is 0.228 e. The van der Waals surface area contributed by atoms with Crippen LogP contribution in [-0.2, 0) is 11.2 Å². The maximum absolute atomic E-state index is 11.2. The summed E-state index contributed by atoms with van der Waals surface area (Å²) in [6.07, 6.45) is -0.0838. The Balaban J connectivity index is 2.76. The van der Waals surface area contributed by atoms with E-state index in [4.69, 9.17) is 47.0 Å². The van der Waals surface area contributed by atoms with Crippen LogP contribution in [0.2, 0.25) is 0 Å². The highest BCUT2D eigenvalue weighted by molar-refractivity contribution is 7.80. The lowest BCUT2D eigenvalue weighted by molar-refractivity contribution is -0.119. The van der Waals surface area contributed by atoms with Crippen LogP contribution in [0.25, 0.3) is 0 Å². The molecule has 0 bridgehead atoms. The maximum atomic E-state index is 11.2. The lowest BCUT2D eigenvalue weighted by Gasteiger charge is -2.27. The zero-order valence-corrected chi connectivity index (χ0v) is 14.6. The van der Waals surface area contributed by atoms with E-state index in [1.165, 1.54) is 6.92 Å². The molecule has 0 radical (unpaired) electrons. The predicted octanol–water partition coefficient (Wildman–Crippen LogP) is 3.37. The molecule has 0 fully saturated rings. The van der Waals surface area contributed by atoms with Crippen LogP contribution in [0.1, 0.15) is 19.4 Å². The van der Waals surface area contributed by atoms with Gasteiger partial charge in [0.1, 0.15) is 6.17 Å². The zero-order valence-electron chi connectivity index (χ0n) is 11.5. The van der Waals surface area contributed by atoms with Gasteiger partial charge in [0.15, 0.2) is 5.11 Å². The van der Waals surface area contributed by atoms with Gasteiger partial charge in [0.2, 0.25) is 9.70 Å². The normalized spacial score (nSPS) is 12.4. The summed E-state index contributed by atoms with van der Waals surface area (Å²) < 4.78 is -1.73. The minimum Gasteiger partial charge on any atom is -0.339 e. The van der Waals surface area contributed by atoms with Crippen LogP contribution >= 0.6 is 47.0 Å². The van der Waals surface area contributed by atoms with Gasteiger partial charge < -0.3 is 16.0 Å². The number of aryl methyl sites for hydroxylation is 1. The van der Waals surface area contributed by atoms with Gasteiger partial charge in [0.25, 0.3) is 0 Å². The summed E-state index contributed by atoms with van der Waals surface area (Å²) in [6, 6.07) is 7.73. The molecule has 0 aromatic heterocycles. The van der Waals surface area contributed by atoms with Crippen molar-refractivity contribution in [2.75, 3.05) is 5.32 Å². The Morgan fingerprint density at radius 2 is 1.90 bits per heavy atom. The Morgan fingerprint density at radius 1 is 1.29 bits per heavy atom. The fourth-order valence-corrected chi connectivity index (χ4v) is 2.20. The van der Waals surface area contributed by atoms with E-state index >= 15 is 0 Å². The van der Waals surface area contributed by atoms with Crippen molar-refractivity contribution >= 4 is 63.7 Å². The number of hydrogen-bond donors (Lipinski definition) is 3. The van der Waals surface area contributed by atoms with Crippen molar-refractivity contribution in [3.8, 4) is 0 Å². The van der Waals surface area contributed by atoms with E-state index in [1.54, 1.807) is 0 Å². The number of rotatable bonds is 4. The number of carbonyl (C=O) groups excluding carboxylic acids is 1. The molecule has 0 saturated heterocycles. The molecular formula is C13H16Cl3N3OS. The number of halogens is 3. The van der Waals surface area contributed by atoms with Crippen LogP contribution in [-0.4, -0.2) is 21.0 Å². The lowest BCUT2D eigenvalue weighted by Crippen LogP contribution is -2.55. The largest absolute Gasteiger partial charge is 0.339 e. The second-order valence-corrected chi connectivity index (χ2v) is 7.06. The van der Waals surface area contributed by atoms with E-state index in [9.17, 15) is 4.79 Å². The number of anilines is 1. The first-order valence-electron chi connectivity index (χ1n) is 6.23. The van der Waals surface area contributed by atoms with Crippen LogP contribution in [0.5, 0.6) is 0 Å². The molecule has 1 aromatic rings. The molecule has 0 heterocycles. The average molecular weight is 369 g/mol. The van der Waals surface area contributed by atoms with E-state index in [-0.39, 0.29) is 11.0 Å². The number of alkyl halides is 3. The highest BCUT2D eigenvalue weighted by atomic mass is 35.6. The monoisotopic (exact) mass is 367 g/mol. The van der Waals surface area contributed by atoms with Gasteiger partial charge in [-0.25, -0.2) is 0 Å². The van der Waals surface area contributed by atoms with Crippen molar-refractivity contribution in [2.24, 2.45) is 0 Å². The van der Waals surface area contributed by atoms with Crippen LogP contribution in [0.4, 0.5) is 5.69 Å². The molecule has 4 nitrogen and oxygen atoms in total. The third kappa shape index (κ3) is 6.26. The molecule has 3 N–H and O–H groups in total. The van der Waals surface area contributed by atoms with Gasteiger partial charge in [0.05, 0.1) is 0 Å². The Labute approximate surface area is 144 Å². The second-order valence-electron chi connectivity index (χ2n) is 4.28. The number of hydrogen-bond acceptors (Lipinski definition) is 2. The summed E-state index contributed by atoms with van der Waals surface area (Å²) in [5.41, 5.74) is 1.97. The number of para-hydroxylation sites is 1. The van der Waals surface area contributed by atoms with E-state index < -0.39 is 9.96 Å². The predicted molar refractivity (Wildman–Crippen MR) is 93.1 cm³/mol.